The minimum atomic E-state index is 0.187. The van der Waals surface area contributed by atoms with Crippen molar-refractivity contribution in [3.8, 4) is 0 Å². The molecule has 0 radical (unpaired) electrons. The zero-order chi connectivity index (χ0) is 15.5. The molecular formula is C20H24O. The predicted molar refractivity (Wildman–Crippen MR) is 88.8 cm³/mol. The van der Waals surface area contributed by atoms with Gasteiger partial charge in [0.05, 0.1) is 0 Å². The summed E-state index contributed by atoms with van der Waals surface area (Å²) in [6, 6.07) is 16.0. The number of ketones is 1. The molecule has 0 aliphatic heterocycles. The largest absolute Gasteiger partial charge is 0.294 e. The molecule has 0 saturated heterocycles. The third-order valence-electron chi connectivity index (χ3n) is 3.59. The average molecular weight is 280 g/mol. The number of Topliss-reactive ketones (excluding diaryl/α,β-unsaturated/α-hetero) is 1. The van der Waals surface area contributed by atoms with Crippen LogP contribution in [0.25, 0.3) is 0 Å². The first kappa shape index (κ1) is 15.5. The second kappa shape index (κ2) is 6.26. The van der Waals surface area contributed by atoms with E-state index in [1.807, 2.05) is 30.3 Å². The fourth-order valence-electron chi connectivity index (χ4n) is 2.54. The van der Waals surface area contributed by atoms with Crippen molar-refractivity contribution >= 4 is 5.78 Å². The van der Waals surface area contributed by atoms with Crippen LogP contribution in [0.15, 0.2) is 48.5 Å². The van der Waals surface area contributed by atoms with Gasteiger partial charge in [-0.25, -0.2) is 0 Å². The lowest BCUT2D eigenvalue weighted by Gasteiger charge is -2.19. The number of hydrogen-bond acceptors (Lipinski definition) is 1. The van der Waals surface area contributed by atoms with E-state index in [1.165, 1.54) is 11.1 Å². The van der Waals surface area contributed by atoms with Crippen LogP contribution in [0.3, 0.4) is 0 Å². The molecule has 2 rings (SSSR count). The lowest BCUT2D eigenvalue weighted by Crippen LogP contribution is -2.10. The highest BCUT2D eigenvalue weighted by Crippen LogP contribution is 2.23. The lowest BCUT2D eigenvalue weighted by molar-refractivity contribution is 0.0993. The normalized spacial score (nSPS) is 11.4. The van der Waals surface area contributed by atoms with Gasteiger partial charge in [0.1, 0.15) is 0 Å². The van der Waals surface area contributed by atoms with Gasteiger partial charge >= 0.3 is 0 Å². The Morgan fingerprint density at radius 3 is 2.29 bits per heavy atom. The van der Waals surface area contributed by atoms with Crippen LogP contribution in [0.4, 0.5) is 0 Å². The van der Waals surface area contributed by atoms with Crippen LogP contribution in [-0.4, -0.2) is 5.78 Å². The van der Waals surface area contributed by atoms with E-state index in [-0.39, 0.29) is 11.2 Å². The molecule has 1 nitrogen and oxygen atoms in total. The van der Waals surface area contributed by atoms with Gasteiger partial charge in [-0.15, -0.1) is 0 Å². The van der Waals surface area contributed by atoms with Crippen LogP contribution < -0.4 is 0 Å². The smallest absolute Gasteiger partial charge is 0.167 e. The molecule has 21 heavy (non-hydrogen) atoms. The minimum Gasteiger partial charge on any atom is -0.294 e. The van der Waals surface area contributed by atoms with Crippen molar-refractivity contribution in [2.45, 2.75) is 40.5 Å². The van der Waals surface area contributed by atoms with Gasteiger partial charge < -0.3 is 0 Å². The van der Waals surface area contributed by atoms with Gasteiger partial charge in [-0.1, -0.05) is 69.3 Å². The van der Waals surface area contributed by atoms with E-state index in [2.05, 4.69) is 45.9 Å². The lowest BCUT2D eigenvalue weighted by atomic mass is 9.86. The summed E-state index contributed by atoms with van der Waals surface area (Å²) in [5.74, 6) is 0.187. The molecule has 0 aromatic heterocycles. The number of benzene rings is 2. The van der Waals surface area contributed by atoms with E-state index in [0.29, 0.717) is 6.42 Å². The molecule has 0 aliphatic carbocycles. The molecule has 0 fully saturated rings. The van der Waals surface area contributed by atoms with Crippen LogP contribution in [0.2, 0.25) is 0 Å². The maximum atomic E-state index is 12.4. The minimum absolute atomic E-state index is 0.187. The predicted octanol–water partition coefficient (Wildman–Crippen LogP) is 5.01. The van der Waals surface area contributed by atoms with Gasteiger partial charge in [-0.2, -0.15) is 0 Å². The third-order valence-corrected chi connectivity index (χ3v) is 3.59. The summed E-state index contributed by atoms with van der Waals surface area (Å²) in [7, 11) is 0. The molecule has 0 N–H and O–H groups in total. The van der Waals surface area contributed by atoms with Gasteiger partial charge in [0, 0.05) is 12.0 Å². The van der Waals surface area contributed by atoms with Crippen molar-refractivity contribution in [3.05, 3.63) is 70.8 Å². The summed E-state index contributed by atoms with van der Waals surface area (Å²) in [6.07, 6.45) is 1.51. The number of carbonyl (C=O) groups is 1. The number of hydrogen-bond donors (Lipinski definition) is 0. The zero-order valence-corrected chi connectivity index (χ0v) is 13.4. The molecule has 0 unspecified atom stereocenters. The van der Waals surface area contributed by atoms with Crippen LogP contribution in [0.1, 0.15) is 47.8 Å². The quantitative estimate of drug-likeness (QED) is 0.720. The molecule has 0 amide bonds. The Hall–Kier alpha value is -1.89. The molecule has 0 aliphatic rings. The molecule has 2 aromatic rings. The van der Waals surface area contributed by atoms with Crippen molar-refractivity contribution in [2.24, 2.45) is 5.41 Å². The van der Waals surface area contributed by atoms with Gasteiger partial charge in [-0.3, -0.25) is 4.79 Å². The highest BCUT2D eigenvalue weighted by atomic mass is 16.1. The molecule has 1 heteroatoms. The summed E-state index contributed by atoms with van der Waals surface area (Å²) in [6.45, 7) is 8.79. The summed E-state index contributed by atoms with van der Waals surface area (Å²) in [4.78, 5) is 12.4. The van der Waals surface area contributed by atoms with Crippen molar-refractivity contribution in [1.82, 2.24) is 0 Å². The van der Waals surface area contributed by atoms with Crippen LogP contribution in [0.5, 0.6) is 0 Å². The van der Waals surface area contributed by atoms with E-state index >= 15 is 0 Å². The number of rotatable bonds is 4. The molecule has 0 saturated carbocycles. The molecule has 0 spiro atoms. The Morgan fingerprint density at radius 2 is 1.67 bits per heavy atom. The average Bonchev–Trinajstić information content (AvgIpc) is 2.42. The molecule has 2 aromatic carbocycles. The number of carbonyl (C=O) groups excluding carboxylic acids is 1. The summed E-state index contributed by atoms with van der Waals surface area (Å²) >= 11 is 0. The highest BCUT2D eigenvalue weighted by Gasteiger charge is 2.13. The van der Waals surface area contributed by atoms with E-state index in [9.17, 15) is 4.79 Å². The molecule has 0 bridgehead atoms. The first-order valence-corrected chi connectivity index (χ1v) is 7.52. The fourth-order valence-corrected chi connectivity index (χ4v) is 2.54. The Balaban J connectivity index is 2.20. The van der Waals surface area contributed by atoms with Gasteiger partial charge in [0.15, 0.2) is 5.78 Å². The Kier molecular flexibility index (Phi) is 4.62. The van der Waals surface area contributed by atoms with E-state index in [0.717, 1.165) is 17.5 Å². The van der Waals surface area contributed by atoms with Crippen molar-refractivity contribution in [2.75, 3.05) is 0 Å². The third kappa shape index (κ3) is 4.56. The monoisotopic (exact) mass is 280 g/mol. The van der Waals surface area contributed by atoms with E-state index < -0.39 is 0 Å². The van der Waals surface area contributed by atoms with Crippen LogP contribution >= 0.6 is 0 Å². The van der Waals surface area contributed by atoms with Crippen molar-refractivity contribution in [3.63, 3.8) is 0 Å². The molecule has 0 heterocycles. The van der Waals surface area contributed by atoms with Gasteiger partial charge in [0.2, 0.25) is 0 Å². The topological polar surface area (TPSA) is 17.1 Å². The van der Waals surface area contributed by atoms with Crippen LogP contribution in [0, 0.1) is 12.3 Å². The Labute approximate surface area is 128 Å². The standard InChI is InChI=1S/C20H24O/c1-15-10-11-16(14-20(2,3)4)12-18(15)13-19(21)17-8-6-5-7-9-17/h5-12H,13-14H2,1-4H3. The zero-order valence-electron chi connectivity index (χ0n) is 13.4. The van der Waals surface area contributed by atoms with Crippen LogP contribution in [-0.2, 0) is 12.8 Å². The second-order valence-electron chi connectivity index (χ2n) is 6.96. The first-order valence-electron chi connectivity index (χ1n) is 7.52. The van der Waals surface area contributed by atoms with E-state index in [1.54, 1.807) is 0 Å². The Morgan fingerprint density at radius 1 is 1.00 bits per heavy atom. The molecular weight excluding hydrogens is 256 g/mol. The maximum absolute atomic E-state index is 12.4. The molecule has 110 valence electrons. The SMILES string of the molecule is Cc1ccc(CC(C)(C)C)cc1CC(=O)c1ccccc1. The summed E-state index contributed by atoms with van der Waals surface area (Å²) in [5.41, 5.74) is 4.69. The summed E-state index contributed by atoms with van der Waals surface area (Å²) in [5, 5.41) is 0. The Bertz CT molecular complexity index is 618. The second-order valence-corrected chi connectivity index (χ2v) is 6.96. The number of aryl methyl sites for hydroxylation is 1. The highest BCUT2D eigenvalue weighted by molar-refractivity contribution is 5.97. The van der Waals surface area contributed by atoms with Gasteiger partial charge in [0.25, 0.3) is 0 Å². The summed E-state index contributed by atoms with van der Waals surface area (Å²) < 4.78 is 0. The molecule has 0 atom stereocenters. The van der Waals surface area contributed by atoms with Gasteiger partial charge in [-0.05, 0) is 35.4 Å². The van der Waals surface area contributed by atoms with E-state index in [4.69, 9.17) is 0 Å². The van der Waals surface area contributed by atoms with Crippen molar-refractivity contribution in [1.29, 1.82) is 0 Å². The maximum Gasteiger partial charge on any atom is 0.167 e. The first-order chi connectivity index (χ1) is 9.85. The fraction of sp³-hybridized carbons (Fsp3) is 0.350. The van der Waals surface area contributed by atoms with Crippen molar-refractivity contribution < 1.29 is 4.79 Å².